The number of amides is 2. The normalized spacial score (nSPS) is 29.7. The van der Waals surface area contributed by atoms with Crippen LogP contribution in [0.2, 0.25) is 5.02 Å². The van der Waals surface area contributed by atoms with Crippen LogP contribution in [0.4, 0.5) is 5.69 Å². The molecule has 2 saturated heterocycles. The zero-order valence-electron chi connectivity index (χ0n) is 12.6. The molecule has 2 atom stereocenters. The van der Waals surface area contributed by atoms with Gasteiger partial charge in [0.2, 0.25) is 11.8 Å². The predicted molar refractivity (Wildman–Crippen MR) is 91.5 cm³/mol. The number of nitrogens with zero attached hydrogens (tertiary/aromatic N) is 2. The SMILES string of the molecule is CN1C(=O)C2(Cc3c(Cl)cccc3N3CCCC32)C(=O)NC1=S. The lowest BCUT2D eigenvalue weighted by Crippen LogP contribution is -2.70. The van der Waals surface area contributed by atoms with E-state index in [1.165, 1.54) is 4.90 Å². The Morgan fingerprint density at radius 3 is 2.96 bits per heavy atom. The van der Waals surface area contributed by atoms with Crippen molar-refractivity contribution in [1.29, 1.82) is 0 Å². The molecule has 5 nitrogen and oxygen atoms in total. The van der Waals surface area contributed by atoms with Gasteiger partial charge in [-0.15, -0.1) is 0 Å². The minimum absolute atomic E-state index is 0.147. The molecule has 120 valence electrons. The number of hydrogen-bond acceptors (Lipinski definition) is 4. The van der Waals surface area contributed by atoms with Crippen LogP contribution in [0.5, 0.6) is 0 Å². The minimum atomic E-state index is -1.15. The largest absolute Gasteiger partial charge is 0.367 e. The maximum atomic E-state index is 13.1. The third kappa shape index (κ3) is 1.82. The molecule has 3 aliphatic heterocycles. The maximum absolute atomic E-state index is 13.1. The number of hydrogen-bond donors (Lipinski definition) is 1. The smallest absolute Gasteiger partial charge is 0.246 e. The number of anilines is 1. The lowest BCUT2D eigenvalue weighted by molar-refractivity contribution is -0.151. The average Bonchev–Trinajstić information content (AvgIpc) is 3.02. The summed E-state index contributed by atoms with van der Waals surface area (Å²) < 4.78 is 0. The zero-order chi connectivity index (χ0) is 16.4. The standard InChI is InChI=1S/C16H16ClN3O2S/c1-19-14(22)16(13(21)18-15(19)23)8-9-10(17)4-2-5-11(9)20-7-3-6-12(16)20/h2,4-5,12H,3,6-8H2,1H3,(H,18,21,23). The van der Waals surface area contributed by atoms with Crippen LogP contribution < -0.4 is 10.2 Å². The van der Waals surface area contributed by atoms with Gasteiger partial charge in [-0.2, -0.15) is 0 Å². The molecule has 0 bridgehead atoms. The molecule has 0 radical (unpaired) electrons. The molecular formula is C16H16ClN3O2S. The summed E-state index contributed by atoms with van der Waals surface area (Å²) in [4.78, 5) is 29.5. The van der Waals surface area contributed by atoms with E-state index in [0.717, 1.165) is 30.6 Å². The lowest BCUT2D eigenvalue weighted by atomic mass is 9.68. The van der Waals surface area contributed by atoms with Gasteiger partial charge in [0, 0.05) is 30.7 Å². The summed E-state index contributed by atoms with van der Waals surface area (Å²) >= 11 is 11.5. The molecule has 4 rings (SSSR count). The van der Waals surface area contributed by atoms with E-state index in [1.54, 1.807) is 7.05 Å². The van der Waals surface area contributed by atoms with Gasteiger partial charge in [-0.05, 0) is 42.8 Å². The highest BCUT2D eigenvalue weighted by atomic mass is 35.5. The Morgan fingerprint density at radius 1 is 1.39 bits per heavy atom. The predicted octanol–water partition coefficient (Wildman–Crippen LogP) is 1.72. The monoisotopic (exact) mass is 349 g/mol. The number of thiocarbonyl (C=S) groups is 1. The van der Waals surface area contributed by atoms with Gasteiger partial charge in [0.1, 0.15) is 0 Å². The van der Waals surface area contributed by atoms with Gasteiger partial charge in [0.05, 0.1) is 6.04 Å². The third-order valence-electron chi connectivity index (χ3n) is 5.30. The summed E-state index contributed by atoms with van der Waals surface area (Å²) in [6, 6.07) is 5.60. The van der Waals surface area contributed by atoms with Gasteiger partial charge in [-0.25, -0.2) is 0 Å². The molecule has 1 aromatic carbocycles. The Hall–Kier alpha value is -1.66. The highest BCUT2D eigenvalue weighted by Gasteiger charge is 2.61. The molecule has 23 heavy (non-hydrogen) atoms. The number of benzene rings is 1. The number of nitrogens with one attached hydrogen (secondary N) is 1. The lowest BCUT2D eigenvalue weighted by Gasteiger charge is -2.49. The van der Waals surface area contributed by atoms with Crippen molar-refractivity contribution in [1.82, 2.24) is 10.2 Å². The van der Waals surface area contributed by atoms with E-state index < -0.39 is 5.41 Å². The van der Waals surface area contributed by atoms with E-state index in [-0.39, 0.29) is 23.0 Å². The molecule has 3 heterocycles. The summed E-state index contributed by atoms with van der Waals surface area (Å²) in [5.41, 5.74) is 0.769. The number of halogens is 1. The number of rotatable bonds is 0. The summed E-state index contributed by atoms with van der Waals surface area (Å²) in [5.74, 6) is -0.526. The highest BCUT2D eigenvalue weighted by molar-refractivity contribution is 7.80. The number of carbonyl (C=O) groups is 2. The van der Waals surface area contributed by atoms with Gasteiger partial charge < -0.3 is 10.2 Å². The van der Waals surface area contributed by atoms with Crippen molar-refractivity contribution in [3.8, 4) is 0 Å². The summed E-state index contributed by atoms with van der Waals surface area (Å²) in [5, 5.41) is 3.48. The fourth-order valence-electron chi connectivity index (χ4n) is 4.19. The Kier molecular flexibility index (Phi) is 3.19. The molecule has 2 fully saturated rings. The van der Waals surface area contributed by atoms with Crippen molar-refractivity contribution in [2.24, 2.45) is 5.41 Å². The van der Waals surface area contributed by atoms with E-state index >= 15 is 0 Å². The third-order valence-corrected chi connectivity index (χ3v) is 6.03. The van der Waals surface area contributed by atoms with E-state index in [9.17, 15) is 9.59 Å². The summed E-state index contributed by atoms with van der Waals surface area (Å²) in [6.45, 7) is 0.828. The second kappa shape index (κ2) is 4.92. The van der Waals surface area contributed by atoms with Crippen molar-refractivity contribution >= 4 is 46.4 Å². The molecule has 3 aliphatic rings. The minimum Gasteiger partial charge on any atom is -0.367 e. The fraction of sp³-hybridized carbons (Fsp3) is 0.438. The Bertz CT molecular complexity index is 753. The van der Waals surface area contributed by atoms with Crippen LogP contribution in [0.1, 0.15) is 18.4 Å². The van der Waals surface area contributed by atoms with Crippen LogP contribution in [-0.4, -0.2) is 41.5 Å². The van der Waals surface area contributed by atoms with Crippen LogP contribution in [-0.2, 0) is 16.0 Å². The Morgan fingerprint density at radius 2 is 2.17 bits per heavy atom. The molecule has 1 spiro atoms. The van der Waals surface area contributed by atoms with E-state index in [4.69, 9.17) is 23.8 Å². The van der Waals surface area contributed by atoms with Crippen LogP contribution >= 0.6 is 23.8 Å². The topological polar surface area (TPSA) is 52.7 Å². The quantitative estimate of drug-likeness (QED) is 0.572. The zero-order valence-corrected chi connectivity index (χ0v) is 14.2. The van der Waals surface area contributed by atoms with E-state index in [0.29, 0.717) is 11.4 Å². The number of carbonyl (C=O) groups excluding carboxylic acids is 2. The van der Waals surface area contributed by atoms with Gasteiger partial charge in [0.15, 0.2) is 10.5 Å². The molecule has 1 N–H and O–H groups in total. The highest BCUT2D eigenvalue weighted by Crippen LogP contribution is 2.49. The molecule has 0 saturated carbocycles. The number of fused-ring (bicyclic) bond motifs is 4. The van der Waals surface area contributed by atoms with Gasteiger partial charge in [0.25, 0.3) is 0 Å². The van der Waals surface area contributed by atoms with Gasteiger partial charge in [-0.3, -0.25) is 14.5 Å². The van der Waals surface area contributed by atoms with Crippen LogP contribution in [0, 0.1) is 5.41 Å². The molecule has 2 amide bonds. The van der Waals surface area contributed by atoms with Crippen molar-refractivity contribution < 1.29 is 9.59 Å². The fourth-order valence-corrected chi connectivity index (χ4v) is 4.60. The second-order valence-electron chi connectivity index (χ2n) is 6.36. The molecule has 0 aromatic heterocycles. The first-order valence-electron chi connectivity index (χ1n) is 7.64. The van der Waals surface area contributed by atoms with Crippen molar-refractivity contribution in [3.63, 3.8) is 0 Å². The first-order chi connectivity index (χ1) is 11.0. The van der Waals surface area contributed by atoms with E-state index in [2.05, 4.69) is 10.2 Å². The Labute approximate surface area is 144 Å². The van der Waals surface area contributed by atoms with Crippen molar-refractivity contribution in [2.45, 2.75) is 25.3 Å². The first kappa shape index (κ1) is 14.9. The summed E-state index contributed by atoms with van der Waals surface area (Å²) in [7, 11) is 1.62. The van der Waals surface area contributed by atoms with Gasteiger partial charge >= 0.3 is 0 Å². The molecule has 7 heteroatoms. The maximum Gasteiger partial charge on any atom is 0.246 e. The summed E-state index contributed by atoms with van der Waals surface area (Å²) in [6.07, 6.45) is 2.08. The molecule has 1 aromatic rings. The van der Waals surface area contributed by atoms with Gasteiger partial charge in [-0.1, -0.05) is 17.7 Å². The van der Waals surface area contributed by atoms with Crippen molar-refractivity contribution in [2.75, 3.05) is 18.5 Å². The van der Waals surface area contributed by atoms with Crippen molar-refractivity contribution in [3.05, 3.63) is 28.8 Å². The van der Waals surface area contributed by atoms with Crippen LogP contribution in [0.15, 0.2) is 18.2 Å². The van der Waals surface area contributed by atoms with E-state index in [1.807, 2.05) is 18.2 Å². The first-order valence-corrected chi connectivity index (χ1v) is 8.43. The molecular weight excluding hydrogens is 334 g/mol. The Balaban J connectivity index is 1.92. The van der Waals surface area contributed by atoms with Crippen LogP contribution in [0.25, 0.3) is 0 Å². The average molecular weight is 350 g/mol. The molecule has 2 unspecified atom stereocenters. The second-order valence-corrected chi connectivity index (χ2v) is 7.15. The molecule has 0 aliphatic carbocycles. The van der Waals surface area contributed by atoms with Crippen LogP contribution in [0.3, 0.4) is 0 Å².